The molecule has 9 nitrogen and oxygen atoms in total. The number of hydrogen-bond donors (Lipinski definition) is 2. The first-order valence-electron chi connectivity index (χ1n) is 9.93. The molecule has 2 N–H and O–H groups in total. The molecule has 3 amide bonds. The highest BCUT2D eigenvalue weighted by molar-refractivity contribution is 6.43. The number of ether oxygens (including phenoxy) is 2. The summed E-state index contributed by atoms with van der Waals surface area (Å²) < 4.78 is 11.0. The van der Waals surface area contributed by atoms with Crippen molar-refractivity contribution in [3.63, 3.8) is 0 Å². The number of hydrazone groups is 1. The van der Waals surface area contributed by atoms with Crippen LogP contribution in [0, 0.1) is 6.92 Å². The summed E-state index contributed by atoms with van der Waals surface area (Å²) >= 11 is 0. The van der Waals surface area contributed by atoms with E-state index in [0.717, 1.165) is 10.6 Å². The predicted octanol–water partition coefficient (Wildman–Crippen LogP) is 2.32. The summed E-state index contributed by atoms with van der Waals surface area (Å²) in [7, 11) is 0. The van der Waals surface area contributed by atoms with Gasteiger partial charge in [-0.1, -0.05) is 17.7 Å². The number of hydrogen-bond acceptors (Lipinski definition) is 6. The van der Waals surface area contributed by atoms with E-state index in [4.69, 9.17) is 9.47 Å². The van der Waals surface area contributed by atoms with Gasteiger partial charge in [0.15, 0.2) is 11.5 Å². The molecule has 0 saturated heterocycles. The lowest BCUT2D eigenvalue weighted by Crippen LogP contribution is -2.40. The molecule has 0 bridgehead atoms. The fraction of sp³-hybridized carbons (Fsp3) is 0.273. The van der Waals surface area contributed by atoms with E-state index in [1.807, 2.05) is 19.1 Å². The molecular weight excluding hydrogens is 400 g/mol. The van der Waals surface area contributed by atoms with Gasteiger partial charge in [-0.25, -0.2) is 5.01 Å². The van der Waals surface area contributed by atoms with Gasteiger partial charge in [0.05, 0.1) is 0 Å². The van der Waals surface area contributed by atoms with Gasteiger partial charge < -0.3 is 20.1 Å². The summed E-state index contributed by atoms with van der Waals surface area (Å²) in [6.45, 7) is 2.58. The maximum absolute atomic E-state index is 12.5. The number of aryl methyl sites for hydroxylation is 1. The van der Waals surface area contributed by atoms with Crippen LogP contribution in [0.4, 0.5) is 11.4 Å². The minimum atomic E-state index is -0.436. The average molecular weight is 422 g/mol. The van der Waals surface area contributed by atoms with Gasteiger partial charge in [-0.05, 0) is 31.2 Å². The molecule has 0 aromatic heterocycles. The molecule has 0 radical (unpaired) electrons. The van der Waals surface area contributed by atoms with Crippen molar-refractivity contribution >= 4 is 34.8 Å². The Morgan fingerprint density at radius 2 is 1.68 bits per heavy atom. The summed E-state index contributed by atoms with van der Waals surface area (Å²) in [5.74, 6) is 0.0160. The zero-order chi connectivity index (χ0) is 21.8. The minimum Gasteiger partial charge on any atom is -0.486 e. The van der Waals surface area contributed by atoms with Crippen molar-refractivity contribution in [2.24, 2.45) is 5.10 Å². The molecule has 0 atom stereocenters. The first-order chi connectivity index (χ1) is 15.0. The number of benzene rings is 2. The molecule has 0 fully saturated rings. The number of rotatable bonds is 5. The maximum atomic E-state index is 12.5. The lowest BCUT2D eigenvalue weighted by molar-refractivity contribution is -0.135. The number of carbonyl (C=O) groups excluding carboxylic acids is 3. The van der Waals surface area contributed by atoms with Crippen molar-refractivity contribution in [3.8, 4) is 11.5 Å². The molecule has 2 aromatic rings. The predicted molar refractivity (Wildman–Crippen MR) is 114 cm³/mol. The molecule has 4 rings (SSSR count). The van der Waals surface area contributed by atoms with Crippen LogP contribution in [0.1, 0.15) is 18.4 Å². The second-order valence-corrected chi connectivity index (χ2v) is 7.22. The van der Waals surface area contributed by atoms with E-state index in [0.29, 0.717) is 36.1 Å². The number of nitrogens with zero attached hydrogens (tertiary/aromatic N) is 2. The van der Waals surface area contributed by atoms with Crippen LogP contribution in [0.2, 0.25) is 0 Å². The quantitative estimate of drug-likeness (QED) is 0.769. The summed E-state index contributed by atoms with van der Waals surface area (Å²) in [5.41, 5.74) is 2.43. The maximum Gasteiger partial charge on any atom is 0.271 e. The van der Waals surface area contributed by atoms with Gasteiger partial charge in [-0.2, -0.15) is 5.10 Å². The largest absolute Gasteiger partial charge is 0.486 e. The smallest absolute Gasteiger partial charge is 0.271 e. The summed E-state index contributed by atoms with van der Waals surface area (Å²) in [6.07, 6.45) is 0.328. The first kappa shape index (κ1) is 20.4. The SMILES string of the molecule is Cc1ccc(NC(=O)C2=NN(CC(=O)Nc3ccc4c(c3)OCCO4)C(=O)CC2)cc1. The van der Waals surface area contributed by atoms with Crippen LogP contribution in [-0.4, -0.2) is 48.2 Å². The second kappa shape index (κ2) is 8.86. The monoisotopic (exact) mass is 422 g/mol. The zero-order valence-corrected chi connectivity index (χ0v) is 17.0. The number of nitrogens with one attached hydrogen (secondary N) is 2. The third-order valence-electron chi connectivity index (χ3n) is 4.80. The summed E-state index contributed by atoms with van der Waals surface area (Å²) in [5, 5.41) is 10.6. The van der Waals surface area contributed by atoms with E-state index in [1.165, 1.54) is 0 Å². The Morgan fingerprint density at radius 1 is 0.968 bits per heavy atom. The topological polar surface area (TPSA) is 109 Å². The van der Waals surface area contributed by atoms with E-state index < -0.39 is 11.8 Å². The molecule has 9 heteroatoms. The second-order valence-electron chi connectivity index (χ2n) is 7.22. The van der Waals surface area contributed by atoms with Crippen LogP contribution in [0.15, 0.2) is 47.6 Å². The number of amides is 3. The van der Waals surface area contributed by atoms with Gasteiger partial charge in [0.1, 0.15) is 25.5 Å². The molecule has 2 aromatic carbocycles. The van der Waals surface area contributed by atoms with Crippen molar-refractivity contribution in [2.75, 3.05) is 30.4 Å². The molecule has 2 aliphatic heterocycles. The Hall–Kier alpha value is -3.88. The van der Waals surface area contributed by atoms with Crippen LogP contribution >= 0.6 is 0 Å². The van der Waals surface area contributed by atoms with Gasteiger partial charge in [0.25, 0.3) is 5.91 Å². The molecular formula is C22H22N4O5. The van der Waals surface area contributed by atoms with Crippen molar-refractivity contribution < 1.29 is 23.9 Å². The van der Waals surface area contributed by atoms with Crippen molar-refractivity contribution in [1.29, 1.82) is 0 Å². The van der Waals surface area contributed by atoms with Crippen LogP contribution in [0.25, 0.3) is 0 Å². The van der Waals surface area contributed by atoms with E-state index in [2.05, 4.69) is 15.7 Å². The lowest BCUT2D eigenvalue weighted by Gasteiger charge is -2.23. The van der Waals surface area contributed by atoms with Crippen LogP contribution in [0.3, 0.4) is 0 Å². The highest BCUT2D eigenvalue weighted by atomic mass is 16.6. The Balaban J connectivity index is 1.39. The average Bonchev–Trinajstić information content (AvgIpc) is 2.76. The molecule has 0 aliphatic carbocycles. The van der Waals surface area contributed by atoms with Crippen molar-refractivity contribution in [3.05, 3.63) is 48.0 Å². The highest BCUT2D eigenvalue weighted by Gasteiger charge is 2.26. The molecule has 0 saturated carbocycles. The van der Waals surface area contributed by atoms with Gasteiger partial charge in [0.2, 0.25) is 11.8 Å². The van der Waals surface area contributed by atoms with E-state index >= 15 is 0 Å². The Bertz CT molecular complexity index is 1050. The normalized spacial score (nSPS) is 15.2. The van der Waals surface area contributed by atoms with Crippen LogP contribution in [0.5, 0.6) is 11.5 Å². The van der Waals surface area contributed by atoms with Crippen molar-refractivity contribution in [2.45, 2.75) is 19.8 Å². The number of anilines is 2. The van der Waals surface area contributed by atoms with Gasteiger partial charge >= 0.3 is 0 Å². The lowest BCUT2D eigenvalue weighted by atomic mass is 10.1. The minimum absolute atomic E-state index is 0.109. The van der Waals surface area contributed by atoms with E-state index in [1.54, 1.807) is 30.3 Å². The molecule has 0 spiro atoms. The van der Waals surface area contributed by atoms with Crippen molar-refractivity contribution in [1.82, 2.24) is 5.01 Å². The van der Waals surface area contributed by atoms with Gasteiger partial charge in [-0.3, -0.25) is 14.4 Å². The molecule has 31 heavy (non-hydrogen) atoms. The van der Waals surface area contributed by atoms with Gasteiger partial charge in [0, 0.05) is 30.3 Å². The number of fused-ring (bicyclic) bond motifs is 1. The third kappa shape index (κ3) is 5.00. The van der Waals surface area contributed by atoms with Crippen LogP contribution < -0.4 is 20.1 Å². The van der Waals surface area contributed by atoms with Gasteiger partial charge in [-0.15, -0.1) is 0 Å². The zero-order valence-electron chi connectivity index (χ0n) is 17.0. The third-order valence-corrected chi connectivity index (χ3v) is 4.80. The van der Waals surface area contributed by atoms with E-state index in [-0.39, 0.29) is 31.0 Å². The standard InChI is InChI=1S/C22H22N4O5/c1-14-2-4-15(5-3-14)24-22(29)17-7-9-21(28)26(25-17)13-20(27)23-16-6-8-18-19(12-16)31-11-10-30-18/h2-6,8,12H,7,9-11,13H2,1H3,(H,23,27)(H,24,29). The molecule has 0 unspecified atom stereocenters. The number of carbonyl (C=O) groups is 3. The molecule has 2 heterocycles. The summed E-state index contributed by atoms with van der Waals surface area (Å²) in [4.78, 5) is 37.2. The Kier molecular flexibility index (Phi) is 5.83. The molecule has 2 aliphatic rings. The van der Waals surface area contributed by atoms with Crippen LogP contribution in [-0.2, 0) is 14.4 Å². The Labute approximate surface area is 179 Å². The first-order valence-corrected chi connectivity index (χ1v) is 9.93. The molecule has 160 valence electrons. The summed E-state index contributed by atoms with van der Waals surface area (Å²) in [6, 6.07) is 12.4. The van der Waals surface area contributed by atoms with E-state index in [9.17, 15) is 14.4 Å². The Morgan fingerprint density at radius 3 is 2.45 bits per heavy atom. The fourth-order valence-corrected chi connectivity index (χ4v) is 3.19. The fourth-order valence-electron chi connectivity index (χ4n) is 3.19. The highest BCUT2D eigenvalue weighted by Crippen LogP contribution is 2.32.